The molecule has 3 heterocycles. The molecular weight excluding hydrogens is 259 g/mol. The first-order valence-corrected chi connectivity index (χ1v) is 7.82. The van der Waals surface area contributed by atoms with E-state index in [0.717, 1.165) is 12.8 Å². The average molecular weight is 276 g/mol. The average Bonchev–Trinajstić information content (AvgIpc) is 2.98. The molecule has 1 aliphatic heterocycles. The standard InChI is InChI=1S/C15H17FN2S/c1-15(16)5-2-3-10(7-15)13-14-11(4-6-19-14)12-8-17-9-18(12)13/h4,6,8-10,13H,2-3,5,7H2,1H3/t10?,13-,15?/m1/s1. The van der Waals surface area contributed by atoms with Gasteiger partial charge >= 0.3 is 0 Å². The number of aromatic nitrogens is 2. The van der Waals surface area contributed by atoms with Crippen molar-refractivity contribution in [3.8, 4) is 11.3 Å². The third-order valence-corrected chi connectivity index (χ3v) is 5.60. The van der Waals surface area contributed by atoms with Crippen LogP contribution in [-0.2, 0) is 0 Å². The van der Waals surface area contributed by atoms with Gasteiger partial charge in [-0.25, -0.2) is 9.37 Å². The predicted octanol–water partition coefficient (Wildman–Crippen LogP) is 4.43. The quantitative estimate of drug-likeness (QED) is 0.753. The van der Waals surface area contributed by atoms with Crippen molar-refractivity contribution in [1.29, 1.82) is 0 Å². The van der Waals surface area contributed by atoms with Crippen LogP contribution in [0.1, 0.15) is 43.5 Å². The normalized spacial score (nSPS) is 33.2. The summed E-state index contributed by atoms with van der Waals surface area (Å²) in [6.07, 6.45) is 7.36. The molecule has 0 bridgehead atoms. The fraction of sp³-hybridized carbons (Fsp3) is 0.533. The minimum Gasteiger partial charge on any atom is -0.322 e. The molecule has 2 aromatic rings. The summed E-state index contributed by atoms with van der Waals surface area (Å²) in [5, 5.41) is 2.14. The van der Waals surface area contributed by atoms with Crippen LogP contribution < -0.4 is 0 Å². The fourth-order valence-corrected chi connectivity index (χ4v) is 4.91. The second-order valence-corrected chi connectivity index (χ2v) is 7.05. The van der Waals surface area contributed by atoms with Gasteiger partial charge in [0.1, 0.15) is 5.67 Å². The maximum Gasteiger partial charge on any atom is 0.108 e. The van der Waals surface area contributed by atoms with E-state index in [1.165, 1.54) is 16.1 Å². The van der Waals surface area contributed by atoms with Gasteiger partial charge in [0.2, 0.25) is 0 Å². The molecule has 1 fully saturated rings. The maximum atomic E-state index is 14.4. The monoisotopic (exact) mass is 276 g/mol. The van der Waals surface area contributed by atoms with E-state index < -0.39 is 5.67 Å². The Bertz CT molecular complexity index is 573. The van der Waals surface area contributed by atoms with Crippen molar-refractivity contribution in [3.05, 3.63) is 28.8 Å². The topological polar surface area (TPSA) is 17.8 Å². The number of rotatable bonds is 1. The van der Waals surface area contributed by atoms with Gasteiger partial charge in [-0.2, -0.15) is 0 Å². The maximum absolute atomic E-state index is 14.4. The molecule has 0 spiro atoms. The highest BCUT2D eigenvalue weighted by Gasteiger charge is 2.41. The van der Waals surface area contributed by atoms with Crippen LogP contribution in [0, 0.1) is 5.92 Å². The van der Waals surface area contributed by atoms with Crippen molar-refractivity contribution >= 4 is 11.3 Å². The molecule has 4 rings (SSSR count). The van der Waals surface area contributed by atoms with Crippen LogP contribution in [0.15, 0.2) is 24.0 Å². The number of hydrogen-bond donors (Lipinski definition) is 0. The largest absolute Gasteiger partial charge is 0.322 e. The minimum absolute atomic E-state index is 0.308. The Labute approximate surface area is 116 Å². The molecule has 0 aromatic carbocycles. The molecule has 4 heteroatoms. The van der Waals surface area contributed by atoms with E-state index in [-0.39, 0.29) is 0 Å². The number of imidazole rings is 1. The van der Waals surface area contributed by atoms with Crippen LogP contribution in [0.5, 0.6) is 0 Å². The summed E-state index contributed by atoms with van der Waals surface area (Å²) in [5.74, 6) is 0.400. The zero-order chi connectivity index (χ0) is 13.0. The van der Waals surface area contributed by atoms with E-state index in [4.69, 9.17) is 0 Å². The van der Waals surface area contributed by atoms with E-state index >= 15 is 0 Å². The van der Waals surface area contributed by atoms with Crippen LogP contribution in [0.3, 0.4) is 0 Å². The number of nitrogens with zero attached hydrogens (tertiary/aromatic N) is 2. The first-order chi connectivity index (χ1) is 9.16. The lowest BCUT2D eigenvalue weighted by molar-refractivity contribution is 0.0808. The van der Waals surface area contributed by atoms with Crippen molar-refractivity contribution in [2.75, 3.05) is 0 Å². The van der Waals surface area contributed by atoms with E-state index in [1.807, 2.05) is 12.5 Å². The summed E-state index contributed by atoms with van der Waals surface area (Å²) < 4.78 is 16.6. The molecule has 0 amide bonds. The Morgan fingerprint density at radius 1 is 1.53 bits per heavy atom. The Morgan fingerprint density at radius 2 is 2.42 bits per heavy atom. The van der Waals surface area contributed by atoms with Crippen molar-refractivity contribution in [2.24, 2.45) is 5.92 Å². The fourth-order valence-electron chi connectivity index (χ4n) is 3.82. The molecule has 0 N–H and O–H groups in total. The molecule has 0 saturated heterocycles. The Kier molecular flexibility index (Phi) is 2.40. The summed E-state index contributed by atoms with van der Waals surface area (Å²) in [6.45, 7) is 1.76. The number of alkyl halides is 1. The van der Waals surface area contributed by atoms with E-state index in [0.29, 0.717) is 24.8 Å². The first-order valence-electron chi connectivity index (χ1n) is 6.94. The second kappa shape index (κ2) is 3.92. The van der Waals surface area contributed by atoms with Gasteiger partial charge in [0.05, 0.1) is 24.3 Å². The highest BCUT2D eigenvalue weighted by Crippen LogP contribution is 2.51. The first kappa shape index (κ1) is 11.6. The van der Waals surface area contributed by atoms with Crippen molar-refractivity contribution in [3.63, 3.8) is 0 Å². The van der Waals surface area contributed by atoms with Gasteiger partial charge < -0.3 is 4.57 Å². The molecule has 2 aromatic heterocycles. The Hall–Kier alpha value is -1.16. The molecule has 2 unspecified atom stereocenters. The summed E-state index contributed by atoms with van der Waals surface area (Å²) in [4.78, 5) is 5.68. The van der Waals surface area contributed by atoms with Crippen LogP contribution in [0.2, 0.25) is 0 Å². The molecule has 0 radical (unpaired) electrons. The molecule has 1 aliphatic carbocycles. The van der Waals surface area contributed by atoms with E-state index in [1.54, 1.807) is 18.3 Å². The highest BCUT2D eigenvalue weighted by molar-refractivity contribution is 7.10. The number of thiophene rings is 1. The van der Waals surface area contributed by atoms with Crippen molar-refractivity contribution in [2.45, 2.75) is 44.3 Å². The zero-order valence-corrected chi connectivity index (χ0v) is 11.8. The lowest BCUT2D eigenvalue weighted by atomic mass is 9.76. The van der Waals surface area contributed by atoms with Gasteiger partial charge in [0.15, 0.2) is 0 Å². The lowest BCUT2D eigenvalue weighted by Gasteiger charge is -2.35. The molecule has 1 saturated carbocycles. The molecule has 19 heavy (non-hydrogen) atoms. The molecule has 100 valence electrons. The number of halogens is 1. The van der Waals surface area contributed by atoms with Crippen LogP contribution in [0.4, 0.5) is 4.39 Å². The summed E-state index contributed by atoms with van der Waals surface area (Å²) >= 11 is 1.80. The molecule has 2 aliphatic rings. The van der Waals surface area contributed by atoms with Gasteiger partial charge in [-0.3, -0.25) is 0 Å². The Balaban J connectivity index is 1.76. The van der Waals surface area contributed by atoms with Gasteiger partial charge in [-0.15, -0.1) is 11.3 Å². The summed E-state index contributed by atoms with van der Waals surface area (Å²) in [7, 11) is 0. The van der Waals surface area contributed by atoms with Gasteiger partial charge in [0, 0.05) is 10.4 Å². The van der Waals surface area contributed by atoms with E-state index in [9.17, 15) is 4.39 Å². The summed E-state index contributed by atoms with van der Waals surface area (Å²) in [6, 6.07) is 2.48. The highest BCUT2D eigenvalue weighted by atomic mass is 32.1. The third kappa shape index (κ3) is 1.69. The van der Waals surface area contributed by atoms with E-state index in [2.05, 4.69) is 21.0 Å². The van der Waals surface area contributed by atoms with Gasteiger partial charge in [-0.1, -0.05) is 0 Å². The predicted molar refractivity (Wildman–Crippen MR) is 75.2 cm³/mol. The summed E-state index contributed by atoms with van der Waals surface area (Å²) in [5.41, 5.74) is 1.51. The third-order valence-electron chi connectivity index (χ3n) is 4.61. The second-order valence-electron chi connectivity index (χ2n) is 6.10. The number of hydrogen-bond acceptors (Lipinski definition) is 2. The molecule has 2 nitrogen and oxygen atoms in total. The van der Waals surface area contributed by atoms with Crippen LogP contribution in [-0.4, -0.2) is 15.2 Å². The van der Waals surface area contributed by atoms with Gasteiger partial charge in [0.25, 0.3) is 0 Å². The van der Waals surface area contributed by atoms with Crippen molar-refractivity contribution < 1.29 is 4.39 Å². The molecular formula is C15H17FN2S. The van der Waals surface area contributed by atoms with Crippen molar-refractivity contribution in [1.82, 2.24) is 9.55 Å². The lowest BCUT2D eigenvalue weighted by Crippen LogP contribution is -2.31. The number of fused-ring (bicyclic) bond motifs is 3. The Morgan fingerprint density at radius 3 is 3.26 bits per heavy atom. The van der Waals surface area contributed by atoms with Crippen LogP contribution in [0.25, 0.3) is 11.3 Å². The van der Waals surface area contributed by atoms with Crippen LogP contribution >= 0.6 is 11.3 Å². The smallest absolute Gasteiger partial charge is 0.108 e. The van der Waals surface area contributed by atoms with Gasteiger partial charge in [-0.05, 0) is 50.0 Å². The minimum atomic E-state index is -0.996. The zero-order valence-electron chi connectivity index (χ0n) is 11.0. The molecule has 3 atom stereocenters. The SMILES string of the molecule is CC1(F)CCCC([C@@H]2c3sccc3-c3cncn32)C1.